The van der Waals surface area contributed by atoms with Gasteiger partial charge in [-0.25, -0.2) is 9.69 Å². The van der Waals surface area contributed by atoms with Gasteiger partial charge in [-0.15, -0.1) is 0 Å². The predicted molar refractivity (Wildman–Crippen MR) is 76.1 cm³/mol. The van der Waals surface area contributed by atoms with E-state index in [2.05, 4.69) is 29.1 Å². The maximum atomic E-state index is 11.8. The van der Waals surface area contributed by atoms with Gasteiger partial charge in [0.2, 0.25) is 11.8 Å². The van der Waals surface area contributed by atoms with Crippen molar-refractivity contribution in [2.75, 3.05) is 19.6 Å². The largest absolute Gasteiger partial charge is 0.477 e. The second kappa shape index (κ2) is 7.00. The van der Waals surface area contributed by atoms with Crippen LogP contribution < -0.4 is 16.0 Å². The Morgan fingerprint density at radius 2 is 1.81 bits per heavy atom. The van der Waals surface area contributed by atoms with E-state index in [9.17, 15) is 19.5 Å². The van der Waals surface area contributed by atoms with Crippen LogP contribution in [-0.2, 0) is 14.4 Å². The molecule has 1 saturated heterocycles. The number of amides is 2. The fourth-order valence-corrected chi connectivity index (χ4v) is 2.20. The molecule has 1 fully saturated rings. The Morgan fingerprint density at radius 1 is 1.29 bits per heavy atom. The summed E-state index contributed by atoms with van der Waals surface area (Å²) in [6, 6.07) is -0.218. The zero-order valence-electron chi connectivity index (χ0n) is 11.9. The van der Waals surface area contributed by atoms with Crippen LogP contribution in [0.3, 0.4) is 0 Å². The van der Waals surface area contributed by atoms with Crippen LogP contribution in [0.5, 0.6) is 0 Å². The first-order chi connectivity index (χ1) is 9.87. The fraction of sp³-hybridized carbons (Fsp3) is 0.462. The van der Waals surface area contributed by atoms with E-state index in [4.69, 9.17) is 0 Å². The third-order valence-corrected chi connectivity index (χ3v) is 3.22. The number of nitrogens with zero attached hydrogens (tertiary/aromatic N) is 1. The molecule has 0 aromatic heterocycles. The van der Waals surface area contributed by atoms with Gasteiger partial charge in [0.25, 0.3) is 5.79 Å². The topological polar surface area (TPSA) is 111 Å². The normalized spacial score (nSPS) is 19.4. The van der Waals surface area contributed by atoms with Crippen molar-refractivity contribution < 1.29 is 19.5 Å². The molecule has 2 amide bonds. The van der Waals surface area contributed by atoms with E-state index in [0.29, 0.717) is 19.6 Å². The van der Waals surface area contributed by atoms with Crippen molar-refractivity contribution in [3.8, 4) is 0 Å². The number of piperazine rings is 1. The van der Waals surface area contributed by atoms with Crippen LogP contribution in [0.2, 0.25) is 0 Å². The highest BCUT2D eigenvalue weighted by Gasteiger charge is 2.49. The van der Waals surface area contributed by atoms with Gasteiger partial charge < -0.3 is 21.1 Å². The summed E-state index contributed by atoms with van der Waals surface area (Å²) in [6.45, 7) is 9.79. The second-order valence-corrected chi connectivity index (χ2v) is 4.65. The first-order valence-corrected chi connectivity index (χ1v) is 6.47. The number of carbonyl (C=O) groups is 3. The van der Waals surface area contributed by atoms with E-state index in [-0.39, 0.29) is 6.04 Å². The summed E-state index contributed by atoms with van der Waals surface area (Å²) in [5.41, 5.74) is 0. The van der Waals surface area contributed by atoms with Crippen LogP contribution in [0.25, 0.3) is 0 Å². The van der Waals surface area contributed by atoms with Gasteiger partial charge in [0.15, 0.2) is 0 Å². The Labute approximate surface area is 122 Å². The van der Waals surface area contributed by atoms with E-state index < -0.39 is 23.6 Å². The molecule has 0 spiro atoms. The minimum absolute atomic E-state index is 0.218. The number of nitrogens with one attached hydrogen (secondary N) is 3. The number of hydrogen-bond acceptors (Lipinski definition) is 5. The maximum absolute atomic E-state index is 11.8. The second-order valence-electron chi connectivity index (χ2n) is 4.65. The minimum atomic E-state index is -2.04. The highest BCUT2D eigenvalue weighted by Crippen LogP contribution is 2.16. The SMILES string of the molecule is C=CC(=O)NC(NC(=O)C=C)(C(=O)O)N1CCNCC1C. The molecular weight excluding hydrogens is 276 g/mol. The smallest absolute Gasteiger partial charge is 0.367 e. The van der Waals surface area contributed by atoms with Gasteiger partial charge in [-0.05, 0) is 19.1 Å². The fourth-order valence-electron chi connectivity index (χ4n) is 2.20. The third-order valence-electron chi connectivity index (χ3n) is 3.22. The molecule has 1 heterocycles. The number of carboxylic acid groups (broad SMARTS) is 1. The molecule has 1 rings (SSSR count). The average molecular weight is 296 g/mol. The van der Waals surface area contributed by atoms with Crippen LogP contribution in [0, 0.1) is 0 Å². The third kappa shape index (κ3) is 3.67. The lowest BCUT2D eigenvalue weighted by Gasteiger charge is -2.46. The molecular formula is C13H20N4O4. The van der Waals surface area contributed by atoms with Crippen LogP contribution in [0.15, 0.2) is 25.3 Å². The number of aliphatic carboxylic acids is 1. The summed E-state index contributed by atoms with van der Waals surface area (Å²) >= 11 is 0. The molecule has 0 bridgehead atoms. The number of rotatable bonds is 6. The van der Waals surface area contributed by atoms with Gasteiger partial charge in [-0.3, -0.25) is 9.59 Å². The number of carboxylic acids is 1. The Morgan fingerprint density at radius 3 is 2.19 bits per heavy atom. The summed E-state index contributed by atoms with van der Waals surface area (Å²) in [7, 11) is 0. The minimum Gasteiger partial charge on any atom is -0.477 e. The first kappa shape index (κ1) is 16.9. The number of carbonyl (C=O) groups excluding carboxylic acids is 2. The van der Waals surface area contributed by atoms with Crippen molar-refractivity contribution in [2.45, 2.75) is 18.8 Å². The van der Waals surface area contributed by atoms with Crippen LogP contribution in [-0.4, -0.2) is 59.3 Å². The highest BCUT2D eigenvalue weighted by atomic mass is 16.4. The molecule has 8 nitrogen and oxygen atoms in total. The first-order valence-electron chi connectivity index (χ1n) is 6.47. The van der Waals surface area contributed by atoms with E-state index in [1.54, 1.807) is 6.92 Å². The Kier molecular flexibility index (Phi) is 5.62. The molecule has 1 atom stereocenters. The monoisotopic (exact) mass is 296 g/mol. The summed E-state index contributed by atoms with van der Waals surface area (Å²) in [5, 5.41) is 17.3. The molecule has 21 heavy (non-hydrogen) atoms. The van der Waals surface area contributed by atoms with Gasteiger partial charge in [0, 0.05) is 25.7 Å². The molecule has 1 unspecified atom stereocenters. The molecule has 8 heteroatoms. The molecule has 1 aliphatic heterocycles. The van der Waals surface area contributed by atoms with E-state index >= 15 is 0 Å². The van der Waals surface area contributed by atoms with Crippen molar-refractivity contribution in [3.05, 3.63) is 25.3 Å². The number of hydrogen-bond donors (Lipinski definition) is 4. The molecule has 4 N–H and O–H groups in total. The standard InChI is InChI=1S/C13H20N4O4/c1-4-10(18)15-13(12(20)21,16-11(19)5-2)17-7-6-14-8-9(17)3/h4-5,9,14H,1-2,6-8H2,3H3,(H,15,18)(H,16,19)(H,20,21). The van der Waals surface area contributed by atoms with Crippen molar-refractivity contribution in [2.24, 2.45) is 0 Å². The molecule has 0 saturated carbocycles. The van der Waals surface area contributed by atoms with Crippen molar-refractivity contribution in [3.63, 3.8) is 0 Å². The van der Waals surface area contributed by atoms with Gasteiger partial charge in [-0.2, -0.15) is 0 Å². The molecule has 116 valence electrons. The zero-order valence-corrected chi connectivity index (χ0v) is 11.9. The van der Waals surface area contributed by atoms with E-state index in [0.717, 1.165) is 12.2 Å². The van der Waals surface area contributed by atoms with Gasteiger partial charge in [-0.1, -0.05) is 13.2 Å². The lowest BCUT2D eigenvalue weighted by atomic mass is 10.1. The summed E-state index contributed by atoms with van der Waals surface area (Å²) < 4.78 is 0. The maximum Gasteiger partial charge on any atom is 0.367 e. The molecule has 0 radical (unpaired) electrons. The molecule has 0 aromatic carbocycles. The predicted octanol–water partition coefficient (Wildman–Crippen LogP) is -1.38. The van der Waals surface area contributed by atoms with Gasteiger partial charge >= 0.3 is 5.97 Å². The summed E-state index contributed by atoms with van der Waals surface area (Å²) in [6.07, 6.45) is 1.90. The lowest BCUT2D eigenvalue weighted by Crippen LogP contribution is -2.77. The van der Waals surface area contributed by atoms with Gasteiger partial charge in [0.05, 0.1) is 0 Å². The van der Waals surface area contributed by atoms with Crippen molar-refractivity contribution >= 4 is 17.8 Å². The molecule has 1 aliphatic rings. The summed E-state index contributed by atoms with van der Waals surface area (Å²) in [4.78, 5) is 36.6. The average Bonchev–Trinajstić information content (AvgIpc) is 2.46. The van der Waals surface area contributed by atoms with Crippen molar-refractivity contribution in [1.82, 2.24) is 20.9 Å². The van der Waals surface area contributed by atoms with Crippen LogP contribution >= 0.6 is 0 Å². The Balaban J connectivity index is 3.23. The highest BCUT2D eigenvalue weighted by molar-refractivity contribution is 5.96. The molecule has 0 aliphatic carbocycles. The Hall–Kier alpha value is -2.19. The van der Waals surface area contributed by atoms with E-state index in [1.165, 1.54) is 4.90 Å². The van der Waals surface area contributed by atoms with Gasteiger partial charge in [0.1, 0.15) is 0 Å². The zero-order chi connectivity index (χ0) is 16.0. The van der Waals surface area contributed by atoms with Crippen LogP contribution in [0.4, 0.5) is 0 Å². The van der Waals surface area contributed by atoms with Crippen molar-refractivity contribution in [1.29, 1.82) is 0 Å². The van der Waals surface area contributed by atoms with E-state index in [1.807, 2.05) is 0 Å². The Bertz CT molecular complexity index is 441. The lowest BCUT2D eigenvalue weighted by molar-refractivity contribution is -0.165. The van der Waals surface area contributed by atoms with Crippen LogP contribution in [0.1, 0.15) is 6.92 Å². The quantitative estimate of drug-likeness (QED) is 0.355. The summed E-state index contributed by atoms with van der Waals surface area (Å²) in [5.74, 6) is -4.83. The molecule has 0 aromatic rings.